The monoisotopic (exact) mass is 248 g/mol. The van der Waals surface area contributed by atoms with Gasteiger partial charge in [0.05, 0.1) is 18.1 Å². The summed E-state index contributed by atoms with van der Waals surface area (Å²) in [6, 6.07) is 6.54. The first-order valence-corrected chi connectivity index (χ1v) is 5.52. The van der Waals surface area contributed by atoms with Gasteiger partial charge < -0.3 is 15.6 Å². The highest BCUT2D eigenvalue weighted by Gasteiger charge is 2.17. The summed E-state index contributed by atoms with van der Waals surface area (Å²) in [6.07, 6.45) is 0.511. The number of carbonyl (C=O) groups is 1. The van der Waals surface area contributed by atoms with Crippen LogP contribution < -0.4 is 10.5 Å². The maximum Gasteiger partial charge on any atom is 0.339 e. The van der Waals surface area contributed by atoms with Gasteiger partial charge >= 0.3 is 5.97 Å². The predicted octanol–water partition coefficient (Wildman–Crippen LogP) is 2.29. The third-order valence-corrected chi connectivity index (χ3v) is 2.52. The molecule has 0 heterocycles. The van der Waals surface area contributed by atoms with Crippen molar-refractivity contribution in [3.8, 4) is 11.8 Å². The molecule has 0 spiro atoms. The topological polar surface area (TPSA) is 96.3 Å². The molecule has 0 saturated heterocycles. The van der Waals surface area contributed by atoms with E-state index in [2.05, 4.69) is 6.07 Å². The molecule has 1 aromatic carbocycles. The van der Waals surface area contributed by atoms with Gasteiger partial charge in [0, 0.05) is 11.8 Å². The summed E-state index contributed by atoms with van der Waals surface area (Å²) in [7, 11) is 0. The van der Waals surface area contributed by atoms with Gasteiger partial charge in [-0.3, -0.25) is 0 Å². The molecule has 0 amide bonds. The van der Waals surface area contributed by atoms with E-state index in [4.69, 9.17) is 20.8 Å². The van der Waals surface area contributed by atoms with Crippen LogP contribution in [0.4, 0.5) is 5.69 Å². The minimum atomic E-state index is -1.07. The molecule has 1 aromatic rings. The van der Waals surface area contributed by atoms with E-state index in [1.54, 1.807) is 13.8 Å². The Bertz CT molecular complexity index is 489. The summed E-state index contributed by atoms with van der Waals surface area (Å²) in [5, 5.41) is 17.8. The minimum Gasteiger partial charge on any atom is -0.493 e. The van der Waals surface area contributed by atoms with Crippen LogP contribution in [0.25, 0.3) is 0 Å². The van der Waals surface area contributed by atoms with Gasteiger partial charge in [-0.05, 0) is 32.4 Å². The standard InChI is InChI=1S/C13H16N2O3/c1-13(2,8-14)5-6-18-11-7-9(15)3-4-10(11)12(16)17/h3-4,7H,5-6,15H2,1-2H3,(H,16,17). The lowest BCUT2D eigenvalue weighted by Gasteiger charge is -2.16. The van der Waals surface area contributed by atoms with E-state index in [9.17, 15) is 4.79 Å². The average molecular weight is 248 g/mol. The van der Waals surface area contributed by atoms with Crippen LogP contribution in [0.3, 0.4) is 0 Å². The van der Waals surface area contributed by atoms with Crippen LogP contribution in [-0.2, 0) is 0 Å². The number of ether oxygens (including phenoxy) is 1. The van der Waals surface area contributed by atoms with Crippen molar-refractivity contribution in [3.05, 3.63) is 23.8 Å². The van der Waals surface area contributed by atoms with Crippen LogP contribution in [0.15, 0.2) is 18.2 Å². The molecule has 0 saturated carbocycles. The summed E-state index contributed by atoms with van der Waals surface area (Å²) in [5.41, 5.74) is 5.60. The molecule has 0 radical (unpaired) electrons. The first-order chi connectivity index (χ1) is 8.35. The van der Waals surface area contributed by atoms with E-state index >= 15 is 0 Å². The van der Waals surface area contributed by atoms with E-state index in [0.29, 0.717) is 12.1 Å². The number of nitrogen functional groups attached to an aromatic ring is 1. The number of nitrogens with two attached hydrogens (primary N) is 1. The molecule has 0 aliphatic heterocycles. The van der Waals surface area contributed by atoms with Crippen molar-refractivity contribution in [1.82, 2.24) is 0 Å². The van der Waals surface area contributed by atoms with Crippen molar-refractivity contribution in [2.75, 3.05) is 12.3 Å². The van der Waals surface area contributed by atoms with Gasteiger partial charge in [0.2, 0.25) is 0 Å². The third kappa shape index (κ3) is 3.67. The van der Waals surface area contributed by atoms with Gasteiger partial charge in [-0.2, -0.15) is 5.26 Å². The van der Waals surface area contributed by atoms with E-state index < -0.39 is 11.4 Å². The molecular weight excluding hydrogens is 232 g/mol. The van der Waals surface area contributed by atoms with Crippen LogP contribution in [0.5, 0.6) is 5.75 Å². The molecule has 96 valence electrons. The number of carboxylic acids is 1. The van der Waals surface area contributed by atoms with E-state index in [-0.39, 0.29) is 17.9 Å². The smallest absolute Gasteiger partial charge is 0.339 e. The molecule has 5 nitrogen and oxygen atoms in total. The lowest BCUT2D eigenvalue weighted by atomic mass is 9.92. The Morgan fingerprint density at radius 3 is 2.78 bits per heavy atom. The van der Waals surface area contributed by atoms with E-state index in [1.807, 2.05) is 0 Å². The maximum atomic E-state index is 11.0. The molecule has 0 atom stereocenters. The minimum absolute atomic E-state index is 0.0685. The predicted molar refractivity (Wildman–Crippen MR) is 67.3 cm³/mol. The molecular formula is C13H16N2O3. The van der Waals surface area contributed by atoms with Crippen molar-refractivity contribution in [3.63, 3.8) is 0 Å². The molecule has 0 fully saturated rings. The number of hydrogen-bond acceptors (Lipinski definition) is 4. The van der Waals surface area contributed by atoms with Crippen LogP contribution in [0.2, 0.25) is 0 Å². The molecule has 0 aliphatic carbocycles. The molecule has 5 heteroatoms. The summed E-state index contributed by atoms with van der Waals surface area (Å²) in [5.74, 6) is -0.833. The van der Waals surface area contributed by atoms with Gasteiger partial charge in [-0.1, -0.05) is 0 Å². The Labute approximate surface area is 106 Å². The fraction of sp³-hybridized carbons (Fsp3) is 0.385. The maximum absolute atomic E-state index is 11.0. The lowest BCUT2D eigenvalue weighted by Crippen LogP contribution is -2.14. The zero-order chi connectivity index (χ0) is 13.8. The largest absolute Gasteiger partial charge is 0.493 e. The number of hydrogen-bond donors (Lipinski definition) is 2. The molecule has 3 N–H and O–H groups in total. The number of nitriles is 1. The van der Waals surface area contributed by atoms with Crippen molar-refractivity contribution in [2.45, 2.75) is 20.3 Å². The van der Waals surface area contributed by atoms with Gasteiger partial charge in [0.15, 0.2) is 0 Å². The highest BCUT2D eigenvalue weighted by molar-refractivity contribution is 5.91. The third-order valence-electron chi connectivity index (χ3n) is 2.52. The first-order valence-electron chi connectivity index (χ1n) is 5.52. The number of benzene rings is 1. The summed E-state index contributed by atoms with van der Waals surface area (Å²) >= 11 is 0. The normalized spacial score (nSPS) is 10.7. The number of nitrogens with zero attached hydrogens (tertiary/aromatic N) is 1. The van der Waals surface area contributed by atoms with Crippen LogP contribution >= 0.6 is 0 Å². The van der Waals surface area contributed by atoms with E-state index in [0.717, 1.165) is 0 Å². The number of aromatic carboxylic acids is 1. The second-order valence-electron chi connectivity index (χ2n) is 4.65. The fourth-order valence-electron chi connectivity index (χ4n) is 1.31. The Morgan fingerprint density at radius 1 is 1.56 bits per heavy atom. The van der Waals surface area contributed by atoms with Crippen LogP contribution in [0.1, 0.15) is 30.6 Å². The Kier molecular flexibility index (Phi) is 4.16. The number of rotatable bonds is 5. The Morgan fingerprint density at radius 2 is 2.22 bits per heavy atom. The number of carboxylic acid groups (broad SMARTS) is 1. The van der Waals surface area contributed by atoms with Crippen LogP contribution in [0, 0.1) is 16.7 Å². The molecule has 1 rings (SSSR count). The van der Waals surface area contributed by atoms with Crippen molar-refractivity contribution < 1.29 is 14.6 Å². The Hall–Kier alpha value is -2.22. The quantitative estimate of drug-likeness (QED) is 0.779. The fourth-order valence-corrected chi connectivity index (χ4v) is 1.31. The molecule has 0 bridgehead atoms. The van der Waals surface area contributed by atoms with Gasteiger partial charge in [-0.15, -0.1) is 0 Å². The lowest BCUT2D eigenvalue weighted by molar-refractivity contribution is 0.0692. The molecule has 0 aliphatic rings. The summed E-state index contributed by atoms with van der Waals surface area (Å²) in [4.78, 5) is 11.0. The highest BCUT2D eigenvalue weighted by atomic mass is 16.5. The van der Waals surface area contributed by atoms with Crippen molar-refractivity contribution in [1.29, 1.82) is 5.26 Å². The van der Waals surface area contributed by atoms with Crippen molar-refractivity contribution in [2.24, 2.45) is 5.41 Å². The van der Waals surface area contributed by atoms with E-state index in [1.165, 1.54) is 18.2 Å². The summed E-state index contributed by atoms with van der Waals surface area (Å²) < 4.78 is 5.41. The average Bonchev–Trinajstić information content (AvgIpc) is 2.28. The zero-order valence-electron chi connectivity index (χ0n) is 10.4. The van der Waals surface area contributed by atoms with Crippen molar-refractivity contribution >= 4 is 11.7 Å². The molecule has 18 heavy (non-hydrogen) atoms. The Balaban J connectivity index is 2.76. The van der Waals surface area contributed by atoms with Gasteiger partial charge in [0.25, 0.3) is 0 Å². The van der Waals surface area contributed by atoms with Gasteiger partial charge in [-0.25, -0.2) is 4.79 Å². The zero-order valence-corrected chi connectivity index (χ0v) is 10.4. The first kappa shape index (κ1) is 13.8. The molecule has 0 unspecified atom stereocenters. The van der Waals surface area contributed by atoms with Gasteiger partial charge in [0.1, 0.15) is 11.3 Å². The summed E-state index contributed by atoms with van der Waals surface area (Å²) in [6.45, 7) is 3.87. The molecule has 0 aromatic heterocycles. The second-order valence-corrected chi connectivity index (χ2v) is 4.65. The SMILES string of the molecule is CC(C)(C#N)CCOc1cc(N)ccc1C(=O)O. The number of anilines is 1. The second kappa shape index (κ2) is 5.41. The van der Waals surface area contributed by atoms with Crippen LogP contribution in [-0.4, -0.2) is 17.7 Å². The highest BCUT2D eigenvalue weighted by Crippen LogP contribution is 2.24.